The third-order valence-corrected chi connectivity index (χ3v) is 3.58. The molecule has 2 N–H and O–H groups in total. The van der Waals surface area contributed by atoms with Crippen LogP contribution in [0.2, 0.25) is 5.02 Å². The Bertz CT molecular complexity index is 661. The molecule has 19 heavy (non-hydrogen) atoms. The molecule has 102 valence electrons. The molecule has 0 fully saturated rings. The normalized spacial score (nSPS) is 11.8. The maximum Gasteiger partial charge on any atom is 0.421 e. The van der Waals surface area contributed by atoms with Crippen LogP contribution in [0.15, 0.2) is 16.6 Å². The van der Waals surface area contributed by atoms with E-state index in [1.165, 1.54) is 4.57 Å². The van der Waals surface area contributed by atoms with Gasteiger partial charge in [0, 0.05) is 4.47 Å². The highest BCUT2D eigenvalue weighted by Gasteiger charge is 2.24. The lowest BCUT2D eigenvalue weighted by Gasteiger charge is -2.20. The molecule has 0 radical (unpaired) electrons. The molecule has 0 aliphatic rings. The second-order valence-electron chi connectivity index (χ2n) is 5.01. The van der Waals surface area contributed by atoms with Gasteiger partial charge in [-0.15, -0.1) is 0 Å². The minimum atomic E-state index is -0.626. The number of halogens is 2. The molecule has 1 aromatic heterocycles. The lowest BCUT2D eigenvalue weighted by atomic mass is 10.2. The zero-order valence-electron chi connectivity index (χ0n) is 10.7. The van der Waals surface area contributed by atoms with Gasteiger partial charge in [-0.05, 0) is 48.8 Å². The number of rotatable bonds is 0. The minimum Gasteiger partial charge on any atom is -0.443 e. The van der Waals surface area contributed by atoms with Gasteiger partial charge in [0.1, 0.15) is 11.1 Å². The van der Waals surface area contributed by atoms with Crippen molar-refractivity contribution in [1.82, 2.24) is 9.55 Å². The fraction of sp³-hybridized carbons (Fsp3) is 0.333. The van der Waals surface area contributed by atoms with Crippen molar-refractivity contribution in [3.05, 3.63) is 21.6 Å². The Kier molecular flexibility index (Phi) is 3.49. The van der Waals surface area contributed by atoms with Gasteiger partial charge < -0.3 is 10.5 Å². The number of carbonyl (C=O) groups is 1. The molecule has 0 bridgehead atoms. The van der Waals surface area contributed by atoms with E-state index < -0.39 is 11.7 Å². The predicted molar refractivity (Wildman–Crippen MR) is 78.5 cm³/mol. The van der Waals surface area contributed by atoms with E-state index in [1.807, 2.05) is 0 Å². The van der Waals surface area contributed by atoms with Crippen LogP contribution in [-0.4, -0.2) is 21.2 Å². The van der Waals surface area contributed by atoms with Crippen molar-refractivity contribution in [2.24, 2.45) is 0 Å². The number of hydrogen-bond donors (Lipinski definition) is 1. The molecule has 2 aromatic rings. The monoisotopic (exact) mass is 345 g/mol. The minimum absolute atomic E-state index is 0.0456. The molecular formula is C12H13BrClN3O2. The Hall–Kier alpha value is -1.27. The SMILES string of the molecule is CC(C)(C)OC(=O)n1c(N)nc2ccc(Br)c(Cl)c21. The van der Waals surface area contributed by atoms with Gasteiger partial charge in [0.05, 0.1) is 10.5 Å². The van der Waals surface area contributed by atoms with Crippen LogP contribution in [-0.2, 0) is 4.74 Å². The summed E-state index contributed by atoms with van der Waals surface area (Å²) in [4.78, 5) is 16.3. The van der Waals surface area contributed by atoms with Gasteiger partial charge in [-0.3, -0.25) is 0 Å². The molecule has 0 aliphatic heterocycles. The fourth-order valence-corrected chi connectivity index (χ4v) is 2.18. The Morgan fingerprint density at radius 2 is 2.11 bits per heavy atom. The van der Waals surface area contributed by atoms with Crippen LogP contribution in [0, 0.1) is 0 Å². The molecule has 1 heterocycles. The number of anilines is 1. The van der Waals surface area contributed by atoms with Gasteiger partial charge in [-0.2, -0.15) is 0 Å². The zero-order valence-corrected chi connectivity index (χ0v) is 13.0. The van der Waals surface area contributed by atoms with E-state index in [0.29, 0.717) is 20.5 Å². The molecule has 0 spiro atoms. The summed E-state index contributed by atoms with van der Waals surface area (Å²) in [7, 11) is 0. The number of benzene rings is 1. The van der Waals surface area contributed by atoms with Crippen molar-refractivity contribution in [2.75, 3.05) is 5.73 Å². The third kappa shape index (κ3) is 2.69. The van der Waals surface area contributed by atoms with Gasteiger partial charge in [-0.1, -0.05) is 11.6 Å². The van der Waals surface area contributed by atoms with Crippen LogP contribution in [0.5, 0.6) is 0 Å². The molecular weight excluding hydrogens is 334 g/mol. The number of fused-ring (bicyclic) bond motifs is 1. The van der Waals surface area contributed by atoms with E-state index in [2.05, 4.69) is 20.9 Å². The summed E-state index contributed by atoms with van der Waals surface area (Å²) in [5.41, 5.74) is 6.11. The Morgan fingerprint density at radius 1 is 1.47 bits per heavy atom. The van der Waals surface area contributed by atoms with E-state index in [1.54, 1.807) is 32.9 Å². The average Bonchev–Trinajstić information content (AvgIpc) is 2.58. The van der Waals surface area contributed by atoms with Crippen LogP contribution >= 0.6 is 27.5 Å². The molecule has 7 heteroatoms. The smallest absolute Gasteiger partial charge is 0.421 e. The summed E-state index contributed by atoms with van der Waals surface area (Å²) in [5.74, 6) is 0.0456. The lowest BCUT2D eigenvalue weighted by Crippen LogP contribution is -2.27. The van der Waals surface area contributed by atoms with Crippen molar-refractivity contribution >= 4 is 50.6 Å². The second kappa shape index (κ2) is 4.68. The van der Waals surface area contributed by atoms with E-state index in [0.717, 1.165) is 0 Å². The van der Waals surface area contributed by atoms with E-state index in [4.69, 9.17) is 22.1 Å². The van der Waals surface area contributed by atoms with E-state index >= 15 is 0 Å². The predicted octanol–water partition coefficient (Wildman–Crippen LogP) is 3.82. The maximum atomic E-state index is 12.2. The quantitative estimate of drug-likeness (QED) is 0.787. The third-order valence-electron chi connectivity index (χ3n) is 2.31. The van der Waals surface area contributed by atoms with Crippen molar-refractivity contribution in [2.45, 2.75) is 26.4 Å². The van der Waals surface area contributed by atoms with Crippen molar-refractivity contribution in [3.8, 4) is 0 Å². The topological polar surface area (TPSA) is 70.1 Å². The Morgan fingerprint density at radius 3 is 2.68 bits per heavy atom. The van der Waals surface area contributed by atoms with Gasteiger partial charge >= 0.3 is 6.09 Å². The summed E-state index contributed by atoms with van der Waals surface area (Å²) < 4.78 is 7.13. The average molecular weight is 347 g/mol. The molecule has 0 atom stereocenters. The number of carbonyl (C=O) groups excluding carboxylic acids is 1. The van der Waals surface area contributed by atoms with Crippen molar-refractivity contribution in [1.29, 1.82) is 0 Å². The molecule has 0 unspecified atom stereocenters. The van der Waals surface area contributed by atoms with Gasteiger partial charge in [-0.25, -0.2) is 14.3 Å². The molecule has 0 aliphatic carbocycles. The number of ether oxygens (including phenoxy) is 1. The maximum absolute atomic E-state index is 12.2. The van der Waals surface area contributed by atoms with Crippen LogP contribution in [0.3, 0.4) is 0 Å². The first kappa shape index (κ1) is 14.1. The number of nitrogen functional groups attached to an aromatic ring is 1. The van der Waals surface area contributed by atoms with Crippen molar-refractivity contribution < 1.29 is 9.53 Å². The lowest BCUT2D eigenvalue weighted by molar-refractivity contribution is 0.0547. The molecule has 0 amide bonds. The molecule has 0 saturated carbocycles. The highest BCUT2D eigenvalue weighted by Crippen LogP contribution is 2.32. The summed E-state index contributed by atoms with van der Waals surface area (Å²) in [6.07, 6.45) is -0.604. The number of aromatic nitrogens is 2. The summed E-state index contributed by atoms with van der Waals surface area (Å²) in [6, 6.07) is 3.47. The Balaban J connectivity index is 2.63. The van der Waals surface area contributed by atoms with Gasteiger partial charge in [0.2, 0.25) is 5.95 Å². The van der Waals surface area contributed by atoms with Crippen LogP contribution in [0.25, 0.3) is 11.0 Å². The van der Waals surface area contributed by atoms with E-state index in [-0.39, 0.29) is 5.95 Å². The van der Waals surface area contributed by atoms with Crippen molar-refractivity contribution in [3.63, 3.8) is 0 Å². The number of hydrogen-bond acceptors (Lipinski definition) is 4. The first-order valence-corrected chi connectivity index (χ1v) is 6.73. The van der Waals surface area contributed by atoms with Gasteiger partial charge in [0.15, 0.2) is 0 Å². The number of imidazole rings is 1. The first-order chi connectivity index (χ1) is 8.70. The highest BCUT2D eigenvalue weighted by molar-refractivity contribution is 9.10. The van der Waals surface area contributed by atoms with Crippen LogP contribution in [0.4, 0.5) is 10.7 Å². The molecule has 1 aromatic carbocycles. The molecule has 2 rings (SSSR count). The van der Waals surface area contributed by atoms with Crippen LogP contribution < -0.4 is 5.73 Å². The molecule has 5 nitrogen and oxygen atoms in total. The second-order valence-corrected chi connectivity index (χ2v) is 6.25. The van der Waals surface area contributed by atoms with Crippen LogP contribution in [0.1, 0.15) is 20.8 Å². The number of nitrogens with zero attached hydrogens (tertiary/aromatic N) is 2. The van der Waals surface area contributed by atoms with Gasteiger partial charge in [0.25, 0.3) is 0 Å². The zero-order chi connectivity index (χ0) is 14.4. The van der Waals surface area contributed by atoms with E-state index in [9.17, 15) is 4.79 Å². The molecule has 0 saturated heterocycles. The first-order valence-electron chi connectivity index (χ1n) is 5.56. The highest BCUT2D eigenvalue weighted by atomic mass is 79.9. The summed E-state index contributed by atoms with van der Waals surface area (Å²) in [5, 5.41) is 0.368. The fourth-order valence-electron chi connectivity index (χ4n) is 1.61. The number of nitrogens with two attached hydrogens (primary N) is 1. The largest absolute Gasteiger partial charge is 0.443 e. The summed E-state index contributed by atoms with van der Waals surface area (Å²) >= 11 is 9.49. The Labute approximate surface area is 123 Å². The summed E-state index contributed by atoms with van der Waals surface area (Å²) in [6.45, 7) is 5.33. The standard InChI is InChI=1S/C12H13BrClN3O2/c1-12(2,3)19-11(18)17-9-7(16-10(17)15)5-4-6(13)8(9)14/h4-5H,1-3H3,(H2,15,16).